The quantitative estimate of drug-likeness (QED) is 0.0236. The standard InChI is InChI=1S/C44H80NO9P/c1-3-5-7-9-11-13-15-17-18-19-20-21-22-23-25-27-29-31-33-35-37-51-38-41(39-52-55(49,50)53-40-42(45)44(47)48)54-43(46)36-34-32-30-28-26-24-16-14-12-10-8-6-4-2/h8,10-11,13-14,16-18,41-42H,3-7,9,12,15,19-40,45H2,1-2H3,(H,47,48)(H,49,50)/b10-8-,13-11-,16-14-,18-17-. The predicted octanol–water partition coefficient (Wildman–Crippen LogP) is 11.9. The number of phosphoric acid groups is 1. The summed E-state index contributed by atoms with van der Waals surface area (Å²) in [6.45, 7) is 3.76. The Morgan fingerprint density at radius 2 is 1.04 bits per heavy atom. The molecule has 0 aliphatic carbocycles. The predicted molar refractivity (Wildman–Crippen MR) is 226 cm³/mol. The van der Waals surface area contributed by atoms with Gasteiger partial charge >= 0.3 is 19.8 Å². The minimum Gasteiger partial charge on any atom is -0.480 e. The Hall–Kier alpha value is -2.07. The van der Waals surface area contributed by atoms with Crippen molar-refractivity contribution in [1.82, 2.24) is 0 Å². The van der Waals surface area contributed by atoms with Gasteiger partial charge < -0.3 is 25.2 Å². The first kappa shape index (κ1) is 52.9. The van der Waals surface area contributed by atoms with Crippen molar-refractivity contribution in [2.24, 2.45) is 5.73 Å². The van der Waals surface area contributed by atoms with Crippen molar-refractivity contribution in [3.63, 3.8) is 0 Å². The number of carbonyl (C=O) groups is 2. The van der Waals surface area contributed by atoms with Crippen LogP contribution in [0.1, 0.15) is 181 Å². The molecule has 3 unspecified atom stereocenters. The van der Waals surface area contributed by atoms with Crippen LogP contribution in [0, 0.1) is 0 Å². The molecular weight excluding hydrogens is 717 g/mol. The van der Waals surface area contributed by atoms with Gasteiger partial charge in [-0.15, -0.1) is 0 Å². The van der Waals surface area contributed by atoms with E-state index in [0.29, 0.717) is 13.0 Å². The summed E-state index contributed by atoms with van der Waals surface area (Å²) in [7, 11) is -4.62. The van der Waals surface area contributed by atoms with Crippen LogP contribution in [0.3, 0.4) is 0 Å². The van der Waals surface area contributed by atoms with Crippen LogP contribution < -0.4 is 5.73 Å². The molecule has 11 heteroatoms. The van der Waals surface area contributed by atoms with Crippen molar-refractivity contribution in [3.05, 3.63) is 48.6 Å². The van der Waals surface area contributed by atoms with Gasteiger partial charge in [-0.1, -0.05) is 152 Å². The fourth-order valence-electron chi connectivity index (χ4n) is 5.67. The number of phosphoric ester groups is 1. The van der Waals surface area contributed by atoms with Gasteiger partial charge in [-0.25, -0.2) is 4.57 Å². The zero-order chi connectivity index (χ0) is 40.5. The molecule has 0 aliphatic heterocycles. The molecule has 0 amide bonds. The van der Waals surface area contributed by atoms with Crippen molar-refractivity contribution in [3.8, 4) is 0 Å². The summed E-state index contributed by atoms with van der Waals surface area (Å²) >= 11 is 0. The van der Waals surface area contributed by atoms with Crippen LogP contribution in [-0.2, 0) is 32.7 Å². The molecule has 0 aromatic rings. The minimum atomic E-state index is -4.62. The molecule has 3 atom stereocenters. The topological polar surface area (TPSA) is 155 Å². The highest BCUT2D eigenvalue weighted by Crippen LogP contribution is 2.43. The SMILES string of the molecule is CCC/C=C\C/C=C\CCCCCCCC(=O)OC(COCCCCCCCCCCCC/C=C\C/C=C\CCCCC)COP(=O)(O)OCC(N)C(=O)O. The Balaban J connectivity index is 4.22. The van der Waals surface area contributed by atoms with Crippen molar-refractivity contribution < 1.29 is 42.7 Å². The number of esters is 1. The van der Waals surface area contributed by atoms with E-state index in [1.165, 1.54) is 83.5 Å². The lowest BCUT2D eigenvalue weighted by Gasteiger charge is -2.20. The van der Waals surface area contributed by atoms with Crippen molar-refractivity contribution in [2.45, 2.75) is 193 Å². The lowest BCUT2D eigenvalue weighted by Crippen LogP contribution is -2.34. The van der Waals surface area contributed by atoms with E-state index in [2.05, 4.69) is 62.5 Å². The van der Waals surface area contributed by atoms with E-state index in [1.807, 2.05) is 0 Å². The maximum atomic E-state index is 12.6. The van der Waals surface area contributed by atoms with E-state index in [4.69, 9.17) is 29.4 Å². The molecule has 0 aromatic heterocycles. The number of nitrogens with two attached hydrogens (primary N) is 1. The highest BCUT2D eigenvalue weighted by Gasteiger charge is 2.27. The Kier molecular flexibility index (Phi) is 38.6. The molecule has 0 aliphatic rings. The molecular formula is C44H80NO9P. The summed E-state index contributed by atoms with van der Waals surface area (Å²) < 4.78 is 33.3. The number of carboxylic acids is 1. The normalized spacial score (nSPS) is 14.4. The van der Waals surface area contributed by atoms with Gasteiger partial charge in [0.2, 0.25) is 0 Å². The second-order valence-corrected chi connectivity index (χ2v) is 15.9. The summed E-state index contributed by atoms with van der Waals surface area (Å²) in [5.74, 6) is -1.80. The number of carbonyl (C=O) groups excluding carboxylic acids is 1. The van der Waals surface area contributed by atoms with E-state index in [9.17, 15) is 19.0 Å². The van der Waals surface area contributed by atoms with E-state index < -0.39 is 45.1 Å². The van der Waals surface area contributed by atoms with E-state index in [-0.39, 0.29) is 13.0 Å². The van der Waals surface area contributed by atoms with E-state index in [0.717, 1.165) is 70.6 Å². The highest BCUT2D eigenvalue weighted by atomic mass is 31.2. The van der Waals surface area contributed by atoms with Gasteiger partial charge in [0.1, 0.15) is 12.1 Å². The lowest BCUT2D eigenvalue weighted by molar-refractivity contribution is -0.154. The molecule has 0 saturated carbocycles. The van der Waals surface area contributed by atoms with Crippen LogP contribution in [-0.4, -0.2) is 60.5 Å². The summed E-state index contributed by atoms with van der Waals surface area (Å²) in [6, 6.07) is -1.48. The molecule has 0 rings (SSSR count). The third kappa shape index (κ3) is 39.9. The minimum absolute atomic E-state index is 0.00819. The number of hydrogen-bond acceptors (Lipinski definition) is 8. The van der Waals surface area contributed by atoms with Crippen LogP contribution in [0.5, 0.6) is 0 Å². The van der Waals surface area contributed by atoms with Gasteiger partial charge in [-0.3, -0.25) is 18.6 Å². The Bertz CT molecular complexity index is 1060. The first-order valence-corrected chi connectivity index (χ1v) is 23.2. The Labute approximate surface area is 335 Å². The molecule has 0 saturated heterocycles. The molecule has 320 valence electrons. The highest BCUT2D eigenvalue weighted by molar-refractivity contribution is 7.47. The molecule has 0 bridgehead atoms. The third-order valence-electron chi connectivity index (χ3n) is 9.06. The van der Waals surface area contributed by atoms with Gasteiger partial charge in [-0.2, -0.15) is 0 Å². The summed E-state index contributed by atoms with van der Waals surface area (Å²) in [5.41, 5.74) is 5.35. The number of unbranched alkanes of at least 4 members (excludes halogenated alkanes) is 19. The zero-order valence-electron chi connectivity index (χ0n) is 34.8. The second kappa shape index (κ2) is 40.1. The summed E-state index contributed by atoms with van der Waals surface area (Å²) in [4.78, 5) is 33.5. The van der Waals surface area contributed by atoms with Crippen molar-refractivity contribution >= 4 is 19.8 Å². The number of rotatable bonds is 41. The fourth-order valence-corrected chi connectivity index (χ4v) is 6.45. The molecule has 0 aromatic carbocycles. The molecule has 55 heavy (non-hydrogen) atoms. The summed E-state index contributed by atoms with van der Waals surface area (Å²) in [5, 5.41) is 8.89. The maximum Gasteiger partial charge on any atom is 0.472 e. The molecule has 0 radical (unpaired) electrons. The van der Waals surface area contributed by atoms with Crippen LogP contribution >= 0.6 is 7.82 Å². The average Bonchev–Trinajstić information content (AvgIpc) is 3.16. The summed E-state index contributed by atoms with van der Waals surface area (Å²) in [6.07, 6.45) is 45.9. The number of carboxylic acid groups (broad SMARTS) is 1. The van der Waals surface area contributed by atoms with E-state index in [1.54, 1.807) is 0 Å². The van der Waals surface area contributed by atoms with E-state index >= 15 is 0 Å². The zero-order valence-corrected chi connectivity index (χ0v) is 35.7. The largest absolute Gasteiger partial charge is 0.480 e. The molecule has 4 N–H and O–H groups in total. The monoisotopic (exact) mass is 798 g/mol. The molecule has 0 heterocycles. The number of aliphatic carboxylic acids is 1. The molecule has 0 spiro atoms. The number of ether oxygens (including phenoxy) is 2. The molecule has 10 nitrogen and oxygen atoms in total. The number of hydrogen-bond donors (Lipinski definition) is 3. The van der Waals surface area contributed by atoms with Crippen molar-refractivity contribution in [2.75, 3.05) is 26.4 Å². The van der Waals surface area contributed by atoms with Gasteiger partial charge in [-0.05, 0) is 70.6 Å². The first-order valence-electron chi connectivity index (χ1n) is 21.7. The van der Waals surface area contributed by atoms with Crippen LogP contribution in [0.25, 0.3) is 0 Å². The Morgan fingerprint density at radius 1 is 0.582 bits per heavy atom. The van der Waals surface area contributed by atoms with Crippen molar-refractivity contribution in [1.29, 1.82) is 0 Å². The van der Waals surface area contributed by atoms with Gasteiger partial charge in [0.15, 0.2) is 0 Å². The Morgan fingerprint density at radius 3 is 1.55 bits per heavy atom. The third-order valence-corrected chi connectivity index (χ3v) is 10.0. The smallest absolute Gasteiger partial charge is 0.472 e. The maximum absolute atomic E-state index is 12.6. The molecule has 0 fully saturated rings. The second-order valence-electron chi connectivity index (χ2n) is 14.5. The average molecular weight is 798 g/mol. The van der Waals surface area contributed by atoms with Crippen LogP contribution in [0.2, 0.25) is 0 Å². The first-order chi connectivity index (χ1) is 26.7. The van der Waals surface area contributed by atoms with Gasteiger partial charge in [0.05, 0.1) is 19.8 Å². The van der Waals surface area contributed by atoms with Crippen LogP contribution in [0.15, 0.2) is 48.6 Å². The lowest BCUT2D eigenvalue weighted by atomic mass is 10.1. The van der Waals surface area contributed by atoms with Crippen LogP contribution in [0.4, 0.5) is 0 Å². The number of allylic oxidation sites excluding steroid dienone is 8. The van der Waals surface area contributed by atoms with Gasteiger partial charge in [0, 0.05) is 13.0 Å². The van der Waals surface area contributed by atoms with Gasteiger partial charge in [0.25, 0.3) is 0 Å². The fraction of sp³-hybridized carbons (Fsp3) is 0.773.